The Hall–Kier alpha value is -3.19. The van der Waals surface area contributed by atoms with E-state index in [1.54, 1.807) is 42.6 Å². The first-order chi connectivity index (χ1) is 15.3. The molecule has 2 heterocycles. The number of ether oxygens (including phenoxy) is 2. The summed E-state index contributed by atoms with van der Waals surface area (Å²) in [6.07, 6.45) is 2.48. The van der Waals surface area contributed by atoms with Crippen molar-refractivity contribution in [2.45, 2.75) is 46.3 Å². The van der Waals surface area contributed by atoms with Gasteiger partial charge in [-0.3, -0.25) is 14.6 Å². The number of carbonyl (C=O) groups excluding carboxylic acids is 2. The van der Waals surface area contributed by atoms with Crippen LogP contribution in [0.4, 0.5) is 0 Å². The maximum absolute atomic E-state index is 13.0. The summed E-state index contributed by atoms with van der Waals surface area (Å²) < 4.78 is 11.3. The largest absolute Gasteiger partial charge is 0.507 e. The molecule has 2 aromatic rings. The van der Waals surface area contributed by atoms with E-state index < -0.39 is 17.7 Å². The quantitative estimate of drug-likeness (QED) is 0.361. The minimum absolute atomic E-state index is 0.00320. The number of rotatable bonds is 9. The summed E-state index contributed by atoms with van der Waals surface area (Å²) in [4.78, 5) is 31.7. The lowest BCUT2D eigenvalue weighted by Crippen LogP contribution is -2.33. The highest BCUT2D eigenvalue weighted by molar-refractivity contribution is 6.46. The molecule has 1 amide bonds. The number of aryl methyl sites for hydroxylation is 1. The molecule has 1 unspecified atom stereocenters. The average Bonchev–Trinajstić information content (AvgIpc) is 3.03. The van der Waals surface area contributed by atoms with Crippen molar-refractivity contribution in [3.8, 4) is 5.75 Å². The van der Waals surface area contributed by atoms with Crippen LogP contribution < -0.4 is 4.74 Å². The molecule has 32 heavy (non-hydrogen) atoms. The predicted molar refractivity (Wildman–Crippen MR) is 121 cm³/mol. The maximum atomic E-state index is 13.0. The molecule has 1 aliphatic heterocycles. The number of Topliss-reactive ketones (excluding diaryl/α,β-unsaturated/α-hetero) is 1. The van der Waals surface area contributed by atoms with E-state index >= 15 is 0 Å². The molecule has 1 atom stereocenters. The van der Waals surface area contributed by atoms with Gasteiger partial charge in [0.1, 0.15) is 17.6 Å². The third-order valence-electron chi connectivity index (χ3n) is 5.20. The van der Waals surface area contributed by atoms with Crippen LogP contribution in [0.5, 0.6) is 5.75 Å². The Morgan fingerprint density at radius 2 is 1.97 bits per heavy atom. The molecule has 1 N–H and O–H groups in total. The van der Waals surface area contributed by atoms with Crippen molar-refractivity contribution >= 4 is 17.4 Å². The van der Waals surface area contributed by atoms with E-state index in [9.17, 15) is 14.7 Å². The Morgan fingerprint density at radius 1 is 1.19 bits per heavy atom. The van der Waals surface area contributed by atoms with Gasteiger partial charge in [0, 0.05) is 18.3 Å². The summed E-state index contributed by atoms with van der Waals surface area (Å²) >= 11 is 0. The van der Waals surface area contributed by atoms with Crippen LogP contribution in [-0.2, 0) is 14.3 Å². The molecular weight excluding hydrogens is 408 g/mol. The van der Waals surface area contributed by atoms with E-state index in [4.69, 9.17) is 9.47 Å². The second-order valence-electron chi connectivity index (χ2n) is 8.00. The Morgan fingerprint density at radius 3 is 2.59 bits per heavy atom. The van der Waals surface area contributed by atoms with Crippen molar-refractivity contribution in [3.63, 3.8) is 0 Å². The number of aromatic nitrogens is 1. The van der Waals surface area contributed by atoms with Gasteiger partial charge in [0.25, 0.3) is 11.7 Å². The average molecular weight is 439 g/mol. The van der Waals surface area contributed by atoms with Crippen molar-refractivity contribution in [2.24, 2.45) is 0 Å². The fourth-order valence-corrected chi connectivity index (χ4v) is 3.67. The zero-order valence-electron chi connectivity index (χ0n) is 19.0. The van der Waals surface area contributed by atoms with Gasteiger partial charge in [-0.15, -0.1) is 0 Å². The lowest BCUT2D eigenvalue weighted by molar-refractivity contribution is -0.140. The summed E-state index contributed by atoms with van der Waals surface area (Å²) in [5.74, 6) is -0.909. The summed E-state index contributed by atoms with van der Waals surface area (Å²) in [5.41, 5.74) is 1.82. The Bertz CT molecular complexity index is 1000. The van der Waals surface area contributed by atoms with E-state index in [-0.39, 0.29) is 30.6 Å². The summed E-state index contributed by atoms with van der Waals surface area (Å²) in [7, 11) is 0. The number of carbonyl (C=O) groups is 2. The highest BCUT2D eigenvalue weighted by Gasteiger charge is 2.46. The first-order valence-electron chi connectivity index (χ1n) is 10.9. The van der Waals surface area contributed by atoms with E-state index in [0.717, 1.165) is 17.7 Å². The smallest absolute Gasteiger partial charge is 0.295 e. The molecule has 1 aromatic carbocycles. The van der Waals surface area contributed by atoms with E-state index in [1.807, 2.05) is 27.7 Å². The van der Waals surface area contributed by atoms with Crippen LogP contribution in [0.15, 0.2) is 48.2 Å². The summed E-state index contributed by atoms with van der Waals surface area (Å²) in [6.45, 7) is 8.79. The normalized spacial score (nSPS) is 17.9. The molecule has 1 saturated heterocycles. The van der Waals surface area contributed by atoms with Crippen LogP contribution in [0, 0.1) is 6.92 Å². The van der Waals surface area contributed by atoms with Crippen molar-refractivity contribution in [1.29, 1.82) is 0 Å². The van der Waals surface area contributed by atoms with Gasteiger partial charge in [-0.2, -0.15) is 0 Å². The number of amides is 1. The number of hydrogen-bond donors (Lipinski definition) is 1. The highest BCUT2D eigenvalue weighted by Crippen LogP contribution is 2.38. The van der Waals surface area contributed by atoms with E-state index in [0.29, 0.717) is 17.9 Å². The number of ketones is 1. The standard InChI is InChI=1S/C25H30N2O5/c1-5-13-32-20-10-9-18(15-17(20)4)23(28)21-22(19-8-6-7-11-26-19)27(25(30)24(21)29)12-14-31-16(2)3/h6-11,15-16,22,28H,5,12-14H2,1-4H3/b23-21-. The Labute approximate surface area is 188 Å². The van der Waals surface area contributed by atoms with Crippen LogP contribution in [0.1, 0.15) is 50.1 Å². The Kier molecular flexibility index (Phi) is 7.64. The fraction of sp³-hybridized carbons (Fsp3) is 0.400. The minimum atomic E-state index is -0.789. The summed E-state index contributed by atoms with van der Waals surface area (Å²) in [5, 5.41) is 11.1. The number of aliphatic hydroxyl groups is 1. The van der Waals surface area contributed by atoms with Crippen LogP contribution >= 0.6 is 0 Å². The monoisotopic (exact) mass is 438 g/mol. The van der Waals surface area contributed by atoms with Crippen molar-refractivity contribution in [3.05, 3.63) is 65.0 Å². The molecule has 7 heteroatoms. The lowest BCUT2D eigenvalue weighted by Gasteiger charge is -2.24. The van der Waals surface area contributed by atoms with Gasteiger partial charge in [0.15, 0.2) is 0 Å². The van der Waals surface area contributed by atoms with Gasteiger partial charge in [-0.05, 0) is 63.1 Å². The molecule has 170 valence electrons. The molecular formula is C25H30N2O5. The maximum Gasteiger partial charge on any atom is 0.295 e. The predicted octanol–water partition coefficient (Wildman–Crippen LogP) is 4.03. The molecule has 0 bridgehead atoms. The number of hydrogen-bond acceptors (Lipinski definition) is 6. The van der Waals surface area contributed by atoms with Gasteiger partial charge in [-0.25, -0.2) is 0 Å². The first-order valence-corrected chi connectivity index (χ1v) is 10.9. The molecule has 1 aromatic heterocycles. The zero-order chi connectivity index (χ0) is 23.3. The van der Waals surface area contributed by atoms with Crippen LogP contribution in [-0.4, -0.2) is 52.5 Å². The molecule has 0 saturated carbocycles. The SMILES string of the molecule is CCCOc1ccc(/C(O)=C2/C(=O)C(=O)N(CCOC(C)C)C2c2ccccn2)cc1C. The number of benzene rings is 1. The van der Waals surface area contributed by atoms with Gasteiger partial charge in [-0.1, -0.05) is 13.0 Å². The topological polar surface area (TPSA) is 89.0 Å². The lowest BCUT2D eigenvalue weighted by atomic mass is 9.97. The minimum Gasteiger partial charge on any atom is -0.507 e. The van der Waals surface area contributed by atoms with Crippen LogP contribution in [0.2, 0.25) is 0 Å². The van der Waals surface area contributed by atoms with Gasteiger partial charge in [0.05, 0.1) is 30.6 Å². The third-order valence-corrected chi connectivity index (χ3v) is 5.20. The fourth-order valence-electron chi connectivity index (χ4n) is 3.67. The summed E-state index contributed by atoms with van der Waals surface area (Å²) in [6, 6.07) is 9.72. The molecule has 3 rings (SSSR count). The highest BCUT2D eigenvalue weighted by atomic mass is 16.5. The number of pyridine rings is 1. The first kappa shape index (κ1) is 23.5. The molecule has 0 aliphatic carbocycles. The number of aliphatic hydroxyl groups excluding tert-OH is 1. The van der Waals surface area contributed by atoms with Crippen molar-refractivity contribution in [2.75, 3.05) is 19.8 Å². The van der Waals surface area contributed by atoms with Crippen LogP contribution in [0.3, 0.4) is 0 Å². The second-order valence-corrected chi connectivity index (χ2v) is 8.00. The molecule has 7 nitrogen and oxygen atoms in total. The molecule has 1 aliphatic rings. The van der Waals surface area contributed by atoms with E-state index in [2.05, 4.69) is 4.98 Å². The zero-order valence-corrected chi connectivity index (χ0v) is 19.0. The van der Waals surface area contributed by atoms with Gasteiger partial charge in [0.2, 0.25) is 0 Å². The Balaban J connectivity index is 2.03. The van der Waals surface area contributed by atoms with Crippen molar-refractivity contribution in [1.82, 2.24) is 9.88 Å². The number of likely N-dealkylation sites (tertiary alicyclic amines) is 1. The van der Waals surface area contributed by atoms with Crippen LogP contribution in [0.25, 0.3) is 5.76 Å². The molecule has 0 spiro atoms. The van der Waals surface area contributed by atoms with Gasteiger partial charge >= 0.3 is 0 Å². The van der Waals surface area contributed by atoms with Crippen molar-refractivity contribution < 1.29 is 24.2 Å². The molecule has 0 radical (unpaired) electrons. The molecule has 1 fully saturated rings. The third kappa shape index (κ3) is 4.99. The van der Waals surface area contributed by atoms with E-state index in [1.165, 1.54) is 4.90 Å². The van der Waals surface area contributed by atoms with Gasteiger partial charge < -0.3 is 19.5 Å². The second kappa shape index (κ2) is 10.4. The number of nitrogens with zero attached hydrogens (tertiary/aromatic N) is 2.